The molecular formula is C16H15BrN4O. The summed E-state index contributed by atoms with van der Waals surface area (Å²) < 4.78 is 0.878. The van der Waals surface area contributed by atoms with Gasteiger partial charge in [-0.25, -0.2) is 4.98 Å². The monoisotopic (exact) mass is 358 g/mol. The Kier molecular flexibility index (Phi) is 5.50. The second-order valence-corrected chi connectivity index (χ2v) is 5.60. The molecule has 0 saturated carbocycles. The fourth-order valence-corrected chi connectivity index (χ4v) is 2.23. The molecule has 0 unspecified atom stereocenters. The van der Waals surface area contributed by atoms with E-state index in [1.54, 1.807) is 18.2 Å². The predicted octanol–water partition coefficient (Wildman–Crippen LogP) is 2.87. The lowest BCUT2D eigenvalue weighted by molar-refractivity contribution is 0.0954. The van der Waals surface area contributed by atoms with Crippen LogP contribution in [0.3, 0.4) is 0 Å². The van der Waals surface area contributed by atoms with Crippen molar-refractivity contribution >= 4 is 27.7 Å². The number of nitriles is 1. The zero-order valence-electron chi connectivity index (χ0n) is 12.1. The molecule has 0 bridgehead atoms. The van der Waals surface area contributed by atoms with Crippen LogP contribution in [0, 0.1) is 18.3 Å². The molecule has 1 aromatic heterocycles. The summed E-state index contributed by atoms with van der Waals surface area (Å²) in [5.74, 6) is 0.570. The number of carbonyl (C=O) groups excluding carboxylic acids is 1. The largest absolute Gasteiger partial charge is 0.368 e. The van der Waals surface area contributed by atoms with Gasteiger partial charge in [0.25, 0.3) is 5.91 Å². The summed E-state index contributed by atoms with van der Waals surface area (Å²) in [6, 6.07) is 11.1. The number of hydrogen-bond acceptors (Lipinski definition) is 4. The minimum atomic E-state index is -0.103. The Morgan fingerprint density at radius 3 is 2.82 bits per heavy atom. The van der Waals surface area contributed by atoms with Crippen LogP contribution < -0.4 is 10.6 Å². The SMILES string of the molecule is Cc1ccc(Br)cc1C(=O)NCCNc1ccc(C#N)cn1. The number of anilines is 1. The van der Waals surface area contributed by atoms with Gasteiger partial charge in [0.2, 0.25) is 0 Å². The molecule has 112 valence electrons. The maximum Gasteiger partial charge on any atom is 0.251 e. The third kappa shape index (κ3) is 4.30. The Balaban J connectivity index is 1.82. The standard InChI is InChI=1S/C16H15BrN4O/c1-11-2-4-13(17)8-14(11)16(22)20-7-6-19-15-5-3-12(9-18)10-21-15/h2-5,8,10H,6-7H2,1H3,(H,19,21)(H,20,22). The van der Waals surface area contributed by atoms with Crippen LogP contribution in [0.1, 0.15) is 21.5 Å². The first-order valence-electron chi connectivity index (χ1n) is 6.74. The minimum Gasteiger partial charge on any atom is -0.368 e. The third-order valence-electron chi connectivity index (χ3n) is 3.05. The van der Waals surface area contributed by atoms with E-state index in [-0.39, 0.29) is 5.91 Å². The van der Waals surface area contributed by atoms with Gasteiger partial charge in [0.1, 0.15) is 11.9 Å². The van der Waals surface area contributed by atoms with E-state index in [1.165, 1.54) is 6.20 Å². The van der Waals surface area contributed by atoms with E-state index in [0.29, 0.717) is 30.0 Å². The maximum atomic E-state index is 12.1. The van der Waals surface area contributed by atoms with Crippen LogP contribution in [0.2, 0.25) is 0 Å². The Morgan fingerprint density at radius 1 is 1.32 bits per heavy atom. The third-order valence-corrected chi connectivity index (χ3v) is 3.55. The number of rotatable bonds is 5. The highest BCUT2D eigenvalue weighted by Crippen LogP contribution is 2.15. The molecule has 0 saturated heterocycles. The minimum absolute atomic E-state index is 0.103. The van der Waals surface area contributed by atoms with E-state index in [9.17, 15) is 4.79 Å². The van der Waals surface area contributed by atoms with Crippen molar-refractivity contribution in [3.05, 3.63) is 57.7 Å². The highest BCUT2D eigenvalue weighted by atomic mass is 79.9. The average Bonchev–Trinajstić information content (AvgIpc) is 2.54. The summed E-state index contributed by atoms with van der Waals surface area (Å²) in [4.78, 5) is 16.2. The van der Waals surface area contributed by atoms with Crippen LogP contribution in [0.5, 0.6) is 0 Å². The van der Waals surface area contributed by atoms with E-state index < -0.39 is 0 Å². The molecule has 2 N–H and O–H groups in total. The molecule has 5 nitrogen and oxygen atoms in total. The number of carbonyl (C=O) groups is 1. The van der Waals surface area contributed by atoms with E-state index in [0.717, 1.165) is 10.0 Å². The van der Waals surface area contributed by atoms with Gasteiger partial charge in [-0.1, -0.05) is 22.0 Å². The first-order valence-corrected chi connectivity index (χ1v) is 7.54. The summed E-state index contributed by atoms with van der Waals surface area (Å²) in [6.07, 6.45) is 1.51. The Bertz CT molecular complexity index is 707. The van der Waals surface area contributed by atoms with Crippen LogP contribution in [-0.4, -0.2) is 24.0 Å². The molecule has 0 aliphatic carbocycles. The van der Waals surface area contributed by atoms with Gasteiger partial charge < -0.3 is 10.6 Å². The number of nitrogens with one attached hydrogen (secondary N) is 2. The fourth-order valence-electron chi connectivity index (χ4n) is 1.87. The van der Waals surface area contributed by atoms with Gasteiger partial charge in [0.15, 0.2) is 0 Å². The smallest absolute Gasteiger partial charge is 0.251 e. The van der Waals surface area contributed by atoms with Gasteiger partial charge in [0.05, 0.1) is 5.56 Å². The average molecular weight is 359 g/mol. The molecule has 0 aliphatic rings. The molecule has 6 heteroatoms. The molecule has 2 aromatic rings. The van der Waals surface area contributed by atoms with Crippen molar-refractivity contribution in [3.63, 3.8) is 0 Å². The Morgan fingerprint density at radius 2 is 2.14 bits per heavy atom. The van der Waals surface area contributed by atoms with Crippen molar-refractivity contribution in [2.75, 3.05) is 18.4 Å². The quantitative estimate of drug-likeness (QED) is 0.805. The molecule has 0 aliphatic heterocycles. The van der Waals surface area contributed by atoms with Crippen molar-refractivity contribution in [1.82, 2.24) is 10.3 Å². The van der Waals surface area contributed by atoms with Gasteiger partial charge in [-0.15, -0.1) is 0 Å². The number of benzene rings is 1. The number of amides is 1. The summed E-state index contributed by atoms with van der Waals surface area (Å²) in [7, 11) is 0. The van der Waals surface area contributed by atoms with E-state index >= 15 is 0 Å². The van der Waals surface area contributed by atoms with Gasteiger partial charge in [-0.3, -0.25) is 4.79 Å². The van der Waals surface area contributed by atoms with E-state index in [2.05, 4.69) is 31.5 Å². The fraction of sp³-hybridized carbons (Fsp3) is 0.188. The molecule has 1 amide bonds. The van der Waals surface area contributed by atoms with Crippen molar-refractivity contribution in [2.45, 2.75) is 6.92 Å². The lowest BCUT2D eigenvalue weighted by Crippen LogP contribution is -2.29. The zero-order chi connectivity index (χ0) is 15.9. The number of nitrogens with zero attached hydrogens (tertiary/aromatic N) is 2. The van der Waals surface area contributed by atoms with Gasteiger partial charge in [-0.2, -0.15) is 5.26 Å². The number of aryl methyl sites for hydroxylation is 1. The van der Waals surface area contributed by atoms with Crippen molar-refractivity contribution in [3.8, 4) is 6.07 Å². The number of aromatic nitrogens is 1. The zero-order valence-corrected chi connectivity index (χ0v) is 13.6. The Hall–Kier alpha value is -2.39. The van der Waals surface area contributed by atoms with E-state index in [4.69, 9.17) is 5.26 Å². The summed E-state index contributed by atoms with van der Waals surface area (Å²) in [5, 5.41) is 14.6. The summed E-state index contributed by atoms with van der Waals surface area (Å²) in [5.41, 5.74) is 2.11. The predicted molar refractivity (Wildman–Crippen MR) is 88.7 cm³/mol. The molecular weight excluding hydrogens is 344 g/mol. The highest BCUT2D eigenvalue weighted by molar-refractivity contribution is 9.10. The van der Waals surface area contributed by atoms with E-state index in [1.807, 2.05) is 25.1 Å². The second kappa shape index (κ2) is 7.57. The van der Waals surface area contributed by atoms with Crippen LogP contribution in [-0.2, 0) is 0 Å². The summed E-state index contributed by atoms with van der Waals surface area (Å²) >= 11 is 3.37. The van der Waals surface area contributed by atoms with Crippen molar-refractivity contribution in [1.29, 1.82) is 5.26 Å². The van der Waals surface area contributed by atoms with Gasteiger partial charge >= 0.3 is 0 Å². The van der Waals surface area contributed by atoms with Crippen LogP contribution in [0.15, 0.2) is 41.0 Å². The van der Waals surface area contributed by atoms with Gasteiger partial charge in [-0.05, 0) is 36.8 Å². The van der Waals surface area contributed by atoms with Crippen molar-refractivity contribution < 1.29 is 4.79 Å². The number of hydrogen-bond donors (Lipinski definition) is 2. The number of halogens is 1. The first kappa shape index (κ1) is 16.0. The molecule has 0 fully saturated rings. The lowest BCUT2D eigenvalue weighted by Gasteiger charge is -2.09. The molecule has 1 aromatic carbocycles. The normalized spacial score (nSPS) is 9.86. The lowest BCUT2D eigenvalue weighted by atomic mass is 10.1. The topological polar surface area (TPSA) is 77.8 Å². The molecule has 0 radical (unpaired) electrons. The molecule has 1 heterocycles. The van der Waals surface area contributed by atoms with Crippen molar-refractivity contribution in [2.24, 2.45) is 0 Å². The number of pyridine rings is 1. The molecule has 0 spiro atoms. The molecule has 2 rings (SSSR count). The molecule has 22 heavy (non-hydrogen) atoms. The summed E-state index contributed by atoms with van der Waals surface area (Å²) in [6.45, 7) is 2.93. The first-order chi connectivity index (χ1) is 10.6. The van der Waals surface area contributed by atoms with Gasteiger partial charge in [0, 0.05) is 29.3 Å². The Labute approximate surface area is 137 Å². The van der Waals surface area contributed by atoms with Crippen LogP contribution in [0.25, 0.3) is 0 Å². The van der Waals surface area contributed by atoms with Crippen LogP contribution in [0.4, 0.5) is 5.82 Å². The van der Waals surface area contributed by atoms with Crippen LogP contribution >= 0.6 is 15.9 Å². The molecule has 0 atom stereocenters. The highest BCUT2D eigenvalue weighted by Gasteiger charge is 2.08. The maximum absolute atomic E-state index is 12.1. The second-order valence-electron chi connectivity index (χ2n) is 4.69.